The van der Waals surface area contributed by atoms with E-state index < -0.39 is 9.84 Å². The van der Waals surface area contributed by atoms with Gasteiger partial charge < -0.3 is 5.32 Å². The number of benzene rings is 2. The van der Waals surface area contributed by atoms with Crippen LogP contribution in [0.2, 0.25) is 0 Å². The Morgan fingerprint density at radius 3 is 2.72 bits per heavy atom. The van der Waals surface area contributed by atoms with Crippen molar-refractivity contribution in [3.8, 4) is 11.3 Å². The maximum Gasteiger partial charge on any atom is 0.151 e. The van der Waals surface area contributed by atoms with Gasteiger partial charge in [0, 0.05) is 42.3 Å². The Morgan fingerprint density at radius 1 is 1.09 bits per heavy atom. The van der Waals surface area contributed by atoms with Gasteiger partial charge in [-0.25, -0.2) is 8.42 Å². The van der Waals surface area contributed by atoms with Crippen molar-refractivity contribution in [3.05, 3.63) is 77.0 Å². The molecule has 0 saturated carbocycles. The Balaban J connectivity index is 1.38. The van der Waals surface area contributed by atoms with Crippen LogP contribution in [-0.2, 0) is 22.8 Å². The third kappa shape index (κ3) is 4.30. The molecule has 1 aromatic heterocycles. The highest BCUT2D eigenvalue weighted by molar-refractivity contribution is 7.91. The summed E-state index contributed by atoms with van der Waals surface area (Å²) in [5.41, 5.74) is 9.27. The van der Waals surface area contributed by atoms with Crippen molar-refractivity contribution in [1.29, 1.82) is 0 Å². The zero-order valence-electron chi connectivity index (χ0n) is 18.6. The second kappa shape index (κ2) is 8.34. The molecule has 0 spiro atoms. The van der Waals surface area contributed by atoms with Gasteiger partial charge >= 0.3 is 0 Å². The summed E-state index contributed by atoms with van der Waals surface area (Å²) in [6.07, 6.45) is 3.59. The molecule has 0 bridgehead atoms. The lowest BCUT2D eigenvalue weighted by Gasteiger charge is -2.34. The van der Waals surface area contributed by atoms with Crippen molar-refractivity contribution < 1.29 is 8.42 Å². The predicted molar refractivity (Wildman–Crippen MR) is 130 cm³/mol. The van der Waals surface area contributed by atoms with Crippen LogP contribution < -0.4 is 5.32 Å². The number of nitrogens with zero attached hydrogens (tertiary/aromatic N) is 2. The number of sulfone groups is 1. The minimum atomic E-state index is -2.86. The standard InChI is InChI=1S/C26H29N3O2S/c1-18-6-9-25(27-15-18)24-14-21(8-7-19(24)2)28-26-5-3-4-20-16-29(12-10-23(20)26)22-11-13-32(30,31)17-22/h3-9,14-15,22,28H,10-13,16-17H2,1-2H3/t22-/m0/s1. The lowest BCUT2D eigenvalue weighted by Crippen LogP contribution is -2.40. The molecule has 1 atom stereocenters. The normalized spacial score (nSPS) is 20.1. The summed E-state index contributed by atoms with van der Waals surface area (Å²) in [5.74, 6) is 0.633. The highest BCUT2D eigenvalue weighted by Gasteiger charge is 2.34. The molecule has 2 aliphatic rings. The molecule has 1 fully saturated rings. The van der Waals surface area contributed by atoms with E-state index in [1.165, 1.54) is 16.7 Å². The van der Waals surface area contributed by atoms with Gasteiger partial charge in [0.15, 0.2) is 9.84 Å². The average Bonchev–Trinajstić information content (AvgIpc) is 3.15. The van der Waals surface area contributed by atoms with Gasteiger partial charge in [-0.2, -0.15) is 0 Å². The molecular weight excluding hydrogens is 418 g/mol. The number of anilines is 2. The number of nitrogens with one attached hydrogen (secondary N) is 1. The van der Waals surface area contributed by atoms with E-state index in [9.17, 15) is 8.42 Å². The smallest absolute Gasteiger partial charge is 0.151 e. The Morgan fingerprint density at radius 2 is 1.97 bits per heavy atom. The molecule has 3 aromatic rings. The first-order valence-corrected chi connectivity index (χ1v) is 13.1. The summed E-state index contributed by atoms with van der Waals surface area (Å²) >= 11 is 0. The first-order chi connectivity index (χ1) is 15.4. The number of hydrogen-bond donors (Lipinski definition) is 1. The van der Waals surface area contributed by atoms with Gasteiger partial charge in [-0.1, -0.05) is 24.3 Å². The molecule has 0 aliphatic carbocycles. The van der Waals surface area contributed by atoms with E-state index in [2.05, 4.69) is 70.7 Å². The lowest BCUT2D eigenvalue weighted by atomic mass is 9.96. The van der Waals surface area contributed by atoms with Crippen LogP contribution in [-0.4, -0.2) is 42.4 Å². The van der Waals surface area contributed by atoms with Gasteiger partial charge in [0.2, 0.25) is 0 Å². The highest BCUT2D eigenvalue weighted by Crippen LogP contribution is 2.33. The van der Waals surface area contributed by atoms with Crippen molar-refractivity contribution in [2.24, 2.45) is 0 Å². The number of aryl methyl sites for hydroxylation is 2. The Labute approximate surface area is 190 Å². The molecule has 0 amide bonds. The third-order valence-electron chi connectivity index (χ3n) is 6.72. The summed E-state index contributed by atoms with van der Waals surface area (Å²) in [7, 11) is -2.86. The van der Waals surface area contributed by atoms with E-state index >= 15 is 0 Å². The molecular formula is C26H29N3O2S. The third-order valence-corrected chi connectivity index (χ3v) is 8.47. The average molecular weight is 448 g/mol. The van der Waals surface area contributed by atoms with Crippen LogP contribution in [0.15, 0.2) is 54.7 Å². The van der Waals surface area contributed by atoms with Crippen LogP contribution in [0.25, 0.3) is 11.3 Å². The van der Waals surface area contributed by atoms with Crippen LogP contribution in [0.4, 0.5) is 11.4 Å². The Bertz CT molecular complexity index is 1250. The van der Waals surface area contributed by atoms with E-state index in [1.807, 2.05) is 13.1 Å². The fourth-order valence-corrected chi connectivity index (χ4v) is 6.64. The molecule has 5 nitrogen and oxygen atoms in total. The molecule has 166 valence electrons. The molecule has 32 heavy (non-hydrogen) atoms. The largest absolute Gasteiger partial charge is 0.355 e. The van der Waals surface area contributed by atoms with Crippen molar-refractivity contribution in [1.82, 2.24) is 9.88 Å². The summed E-state index contributed by atoms with van der Waals surface area (Å²) < 4.78 is 23.8. The van der Waals surface area contributed by atoms with Gasteiger partial charge in [0.25, 0.3) is 0 Å². The second-order valence-corrected chi connectivity index (χ2v) is 11.3. The van der Waals surface area contributed by atoms with Crippen LogP contribution in [0.3, 0.4) is 0 Å². The molecule has 2 aliphatic heterocycles. The summed E-state index contributed by atoms with van der Waals surface area (Å²) in [4.78, 5) is 6.96. The quantitative estimate of drug-likeness (QED) is 0.631. The van der Waals surface area contributed by atoms with Crippen molar-refractivity contribution in [2.45, 2.75) is 39.3 Å². The Hall–Kier alpha value is -2.70. The van der Waals surface area contributed by atoms with Crippen molar-refractivity contribution >= 4 is 21.2 Å². The molecule has 0 unspecified atom stereocenters. The highest BCUT2D eigenvalue weighted by atomic mass is 32.2. The van der Waals surface area contributed by atoms with Crippen molar-refractivity contribution in [3.63, 3.8) is 0 Å². The number of pyridine rings is 1. The number of fused-ring (bicyclic) bond motifs is 1. The molecule has 2 aromatic carbocycles. The van der Waals surface area contributed by atoms with Gasteiger partial charge in [-0.15, -0.1) is 0 Å². The second-order valence-electron chi connectivity index (χ2n) is 9.10. The van der Waals surface area contributed by atoms with E-state index in [-0.39, 0.29) is 6.04 Å². The van der Waals surface area contributed by atoms with E-state index in [1.54, 1.807) is 0 Å². The van der Waals surface area contributed by atoms with Gasteiger partial charge in [0.1, 0.15) is 0 Å². The van der Waals surface area contributed by atoms with E-state index in [4.69, 9.17) is 0 Å². The van der Waals surface area contributed by atoms with Gasteiger partial charge in [0.05, 0.1) is 17.2 Å². The monoisotopic (exact) mass is 447 g/mol. The Kier molecular flexibility index (Phi) is 5.51. The van der Waals surface area contributed by atoms with Crippen LogP contribution >= 0.6 is 0 Å². The zero-order valence-corrected chi connectivity index (χ0v) is 19.5. The predicted octanol–water partition coefficient (Wildman–Crippen LogP) is 4.65. The van der Waals surface area contributed by atoms with E-state index in [0.29, 0.717) is 11.5 Å². The lowest BCUT2D eigenvalue weighted by molar-refractivity contribution is 0.194. The van der Waals surface area contributed by atoms with Gasteiger partial charge in [-0.05, 0) is 73.2 Å². The number of hydrogen-bond acceptors (Lipinski definition) is 5. The fraction of sp³-hybridized carbons (Fsp3) is 0.346. The molecule has 3 heterocycles. The SMILES string of the molecule is Cc1ccc(-c2cc(Nc3cccc4c3CCN([C@H]3CCS(=O)(=O)C3)C4)ccc2C)nc1. The first-order valence-electron chi connectivity index (χ1n) is 11.2. The van der Waals surface area contributed by atoms with E-state index in [0.717, 1.165) is 54.1 Å². The molecule has 1 saturated heterocycles. The van der Waals surface area contributed by atoms with Crippen molar-refractivity contribution in [2.75, 3.05) is 23.4 Å². The first kappa shape index (κ1) is 21.2. The molecule has 6 heteroatoms. The summed E-state index contributed by atoms with van der Waals surface area (Å²) in [6, 6.07) is 17.1. The minimum absolute atomic E-state index is 0.159. The summed E-state index contributed by atoms with van der Waals surface area (Å²) in [6.45, 7) is 5.88. The number of rotatable bonds is 4. The molecule has 0 radical (unpaired) electrons. The van der Waals surface area contributed by atoms with Crippen LogP contribution in [0, 0.1) is 13.8 Å². The molecule has 1 N–H and O–H groups in total. The molecule has 5 rings (SSSR count). The number of aromatic nitrogens is 1. The topological polar surface area (TPSA) is 62.3 Å². The van der Waals surface area contributed by atoms with Crippen LogP contribution in [0.1, 0.15) is 28.7 Å². The summed E-state index contributed by atoms with van der Waals surface area (Å²) in [5, 5.41) is 3.64. The maximum atomic E-state index is 11.9. The zero-order chi connectivity index (χ0) is 22.3. The fourth-order valence-electron chi connectivity index (χ4n) is 4.88. The van der Waals surface area contributed by atoms with Gasteiger partial charge in [-0.3, -0.25) is 9.88 Å². The van der Waals surface area contributed by atoms with Crippen LogP contribution in [0.5, 0.6) is 0 Å². The minimum Gasteiger partial charge on any atom is -0.355 e. The maximum absolute atomic E-state index is 11.9.